The van der Waals surface area contributed by atoms with E-state index in [9.17, 15) is 9.59 Å². The Morgan fingerprint density at radius 1 is 0.897 bits per heavy atom. The standard InChI is InChI=1S/C30H31N5O2.C2H6/c1-21(2)18-35-26-20-34(19-22-13-15-23(16-14-22)25-12-8-9-17-31-25)28(27(26)29(36)33(4)30(35)37)32(3)24-10-6-5-7-11-24;1-2/h5-17,20-21H,18-19H2,1-4H3;1-2H3. The predicted molar refractivity (Wildman–Crippen MR) is 161 cm³/mol. The Labute approximate surface area is 229 Å². The Kier molecular flexibility index (Phi) is 8.49. The van der Waals surface area contributed by atoms with Crippen molar-refractivity contribution in [2.45, 2.75) is 40.8 Å². The van der Waals surface area contributed by atoms with Crippen molar-refractivity contribution in [3.63, 3.8) is 0 Å². The van der Waals surface area contributed by atoms with Gasteiger partial charge >= 0.3 is 5.69 Å². The van der Waals surface area contributed by atoms with E-state index < -0.39 is 0 Å². The Hall–Kier alpha value is -4.39. The molecule has 0 amide bonds. The summed E-state index contributed by atoms with van der Waals surface area (Å²) in [6.07, 6.45) is 3.74. The average Bonchev–Trinajstić information content (AvgIpc) is 3.35. The molecule has 7 heteroatoms. The monoisotopic (exact) mass is 523 g/mol. The summed E-state index contributed by atoms with van der Waals surface area (Å²) in [6, 6.07) is 24.1. The van der Waals surface area contributed by atoms with Gasteiger partial charge in [-0.25, -0.2) is 4.79 Å². The summed E-state index contributed by atoms with van der Waals surface area (Å²) in [6.45, 7) is 9.21. The summed E-state index contributed by atoms with van der Waals surface area (Å²) in [5, 5.41) is 0.541. The molecule has 0 saturated heterocycles. The van der Waals surface area contributed by atoms with Gasteiger partial charge in [-0.2, -0.15) is 0 Å². The van der Waals surface area contributed by atoms with Crippen LogP contribution in [0.5, 0.6) is 0 Å². The van der Waals surface area contributed by atoms with Crippen LogP contribution in [0.2, 0.25) is 0 Å². The van der Waals surface area contributed by atoms with Gasteiger partial charge in [0.25, 0.3) is 5.56 Å². The van der Waals surface area contributed by atoms with Crippen molar-refractivity contribution in [1.82, 2.24) is 18.7 Å². The van der Waals surface area contributed by atoms with Crippen LogP contribution in [-0.4, -0.2) is 25.7 Å². The van der Waals surface area contributed by atoms with Gasteiger partial charge in [0.1, 0.15) is 11.2 Å². The maximum atomic E-state index is 13.5. The summed E-state index contributed by atoms with van der Waals surface area (Å²) in [4.78, 5) is 33.1. The van der Waals surface area contributed by atoms with E-state index in [-0.39, 0.29) is 17.2 Å². The lowest BCUT2D eigenvalue weighted by Gasteiger charge is -2.22. The number of hydrogen-bond donors (Lipinski definition) is 0. The minimum atomic E-state index is -0.294. The van der Waals surface area contributed by atoms with Gasteiger partial charge in [-0.3, -0.25) is 18.9 Å². The molecular formula is C32H37N5O2. The lowest BCUT2D eigenvalue weighted by atomic mass is 10.1. The maximum Gasteiger partial charge on any atom is 0.331 e. The molecule has 0 bridgehead atoms. The fraction of sp³-hybridized carbons (Fsp3) is 0.281. The quantitative estimate of drug-likeness (QED) is 0.260. The van der Waals surface area contributed by atoms with E-state index in [0.717, 1.165) is 28.3 Å². The van der Waals surface area contributed by atoms with Crippen molar-refractivity contribution in [1.29, 1.82) is 0 Å². The molecule has 7 nitrogen and oxygen atoms in total. The van der Waals surface area contributed by atoms with Crippen molar-refractivity contribution in [3.05, 3.63) is 112 Å². The third-order valence-electron chi connectivity index (χ3n) is 6.63. The Morgan fingerprint density at radius 2 is 1.56 bits per heavy atom. The summed E-state index contributed by atoms with van der Waals surface area (Å²) in [5.74, 6) is 1.00. The van der Waals surface area contributed by atoms with Crippen LogP contribution in [-0.2, 0) is 20.1 Å². The number of fused-ring (bicyclic) bond motifs is 1. The molecule has 0 atom stereocenters. The number of para-hydroxylation sites is 1. The average molecular weight is 524 g/mol. The van der Waals surface area contributed by atoms with Crippen LogP contribution in [0.1, 0.15) is 33.3 Å². The van der Waals surface area contributed by atoms with Crippen LogP contribution < -0.4 is 16.1 Å². The molecule has 2 aromatic carbocycles. The number of nitrogens with zero attached hydrogens (tertiary/aromatic N) is 5. The number of pyridine rings is 1. The molecule has 0 aliphatic heterocycles. The van der Waals surface area contributed by atoms with Crippen molar-refractivity contribution >= 4 is 22.4 Å². The first-order valence-electron chi connectivity index (χ1n) is 13.5. The van der Waals surface area contributed by atoms with Gasteiger partial charge in [-0.1, -0.05) is 76.2 Å². The first kappa shape index (κ1) is 27.6. The number of anilines is 2. The third kappa shape index (κ3) is 5.58. The lowest BCUT2D eigenvalue weighted by Crippen LogP contribution is -2.38. The van der Waals surface area contributed by atoms with E-state index in [1.54, 1.807) is 17.8 Å². The molecule has 0 radical (unpaired) electrons. The molecule has 0 aliphatic carbocycles. The molecule has 5 rings (SSSR count). The second-order valence-electron chi connectivity index (χ2n) is 9.80. The van der Waals surface area contributed by atoms with Crippen LogP contribution in [0.15, 0.2) is 94.8 Å². The Bertz CT molecular complexity index is 1650. The highest BCUT2D eigenvalue weighted by atomic mass is 16.2. The topological polar surface area (TPSA) is 65.1 Å². The van der Waals surface area contributed by atoms with Gasteiger partial charge < -0.3 is 9.47 Å². The number of aromatic nitrogens is 4. The van der Waals surface area contributed by atoms with E-state index >= 15 is 0 Å². The molecule has 0 aliphatic rings. The third-order valence-corrected chi connectivity index (χ3v) is 6.63. The molecule has 3 aromatic heterocycles. The minimum absolute atomic E-state index is 0.246. The minimum Gasteiger partial charge on any atom is -0.330 e. The van der Waals surface area contributed by atoms with Crippen LogP contribution in [0.25, 0.3) is 22.2 Å². The largest absolute Gasteiger partial charge is 0.331 e. The normalized spacial score (nSPS) is 10.9. The van der Waals surface area contributed by atoms with Crippen molar-refractivity contribution < 1.29 is 0 Å². The maximum absolute atomic E-state index is 13.5. The van der Waals surface area contributed by atoms with E-state index in [4.69, 9.17) is 0 Å². The van der Waals surface area contributed by atoms with Crippen molar-refractivity contribution in [2.75, 3.05) is 11.9 Å². The summed E-state index contributed by atoms with van der Waals surface area (Å²) in [5.41, 5.74) is 4.08. The molecule has 5 aromatic rings. The van der Waals surface area contributed by atoms with Crippen LogP contribution in [0, 0.1) is 5.92 Å². The van der Waals surface area contributed by atoms with Gasteiger partial charge in [0.15, 0.2) is 0 Å². The molecule has 0 unspecified atom stereocenters. The lowest BCUT2D eigenvalue weighted by molar-refractivity contribution is 0.502. The second kappa shape index (κ2) is 12.0. The zero-order valence-electron chi connectivity index (χ0n) is 23.6. The van der Waals surface area contributed by atoms with E-state index in [2.05, 4.69) is 47.7 Å². The SMILES string of the molecule is CC.CC(C)Cn1c(=O)n(C)c(=O)c2c(N(C)c3ccccc3)n(Cc3ccc(-c4ccccn4)cc3)cc21. The van der Waals surface area contributed by atoms with Crippen LogP contribution >= 0.6 is 0 Å². The fourth-order valence-corrected chi connectivity index (χ4v) is 4.79. The van der Waals surface area contributed by atoms with Crippen LogP contribution in [0.4, 0.5) is 11.5 Å². The predicted octanol–water partition coefficient (Wildman–Crippen LogP) is 6.06. The molecule has 0 saturated carbocycles. The number of rotatable bonds is 7. The summed E-state index contributed by atoms with van der Waals surface area (Å²) < 4.78 is 5.02. The molecule has 0 fully saturated rings. The highest BCUT2D eigenvalue weighted by molar-refractivity contribution is 5.93. The van der Waals surface area contributed by atoms with E-state index in [1.807, 2.05) is 80.5 Å². The zero-order valence-corrected chi connectivity index (χ0v) is 23.6. The first-order chi connectivity index (χ1) is 18.8. The van der Waals surface area contributed by atoms with Crippen molar-refractivity contribution in [2.24, 2.45) is 13.0 Å². The zero-order chi connectivity index (χ0) is 28.1. The highest BCUT2D eigenvalue weighted by Crippen LogP contribution is 2.32. The molecule has 202 valence electrons. The van der Waals surface area contributed by atoms with Gasteiger partial charge in [-0.05, 0) is 35.7 Å². The van der Waals surface area contributed by atoms with Gasteiger partial charge in [0.2, 0.25) is 0 Å². The summed E-state index contributed by atoms with van der Waals surface area (Å²) in [7, 11) is 3.52. The van der Waals surface area contributed by atoms with Crippen LogP contribution in [0.3, 0.4) is 0 Å². The Balaban J connectivity index is 0.00000172. The highest BCUT2D eigenvalue weighted by Gasteiger charge is 2.23. The number of hydrogen-bond acceptors (Lipinski definition) is 4. The van der Waals surface area contributed by atoms with E-state index in [0.29, 0.717) is 24.0 Å². The van der Waals surface area contributed by atoms with E-state index in [1.165, 1.54) is 4.57 Å². The molecule has 0 spiro atoms. The first-order valence-corrected chi connectivity index (χ1v) is 13.5. The molecule has 3 heterocycles. The van der Waals surface area contributed by atoms with Crippen molar-refractivity contribution in [3.8, 4) is 11.3 Å². The molecule has 0 N–H and O–H groups in total. The van der Waals surface area contributed by atoms with Gasteiger partial charge in [0, 0.05) is 50.8 Å². The fourth-order valence-electron chi connectivity index (χ4n) is 4.79. The second-order valence-corrected chi connectivity index (χ2v) is 9.80. The molecular weight excluding hydrogens is 486 g/mol. The van der Waals surface area contributed by atoms with Gasteiger partial charge in [0.05, 0.1) is 11.2 Å². The van der Waals surface area contributed by atoms with Gasteiger partial charge in [-0.15, -0.1) is 0 Å². The smallest absolute Gasteiger partial charge is 0.330 e. The Morgan fingerprint density at radius 3 is 2.18 bits per heavy atom. The summed E-state index contributed by atoms with van der Waals surface area (Å²) >= 11 is 0. The molecule has 39 heavy (non-hydrogen) atoms. The number of benzene rings is 2.